The van der Waals surface area contributed by atoms with E-state index in [0.29, 0.717) is 44.0 Å². The van der Waals surface area contributed by atoms with Crippen LogP contribution in [-0.4, -0.2) is 73.2 Å². The molecule has 1 amide bonds. The molecule has 2 aromatic carbocycles. The fraction of sp³-hybridized carbons (Fsp3) is 0.611. The van der Waals surface area contributed by atoms with Crippen LogP contribution < -0.4 is 9.64 Å². The lowest BCUT2D eigenvalue weighted by Gasteiger charge is -2.38. The van der Waals surface area contributed by atoms with Crippen molar-refractivity contribution in [1.29, 1.82) is 0 Å². The number of nitrogens with zero attached hydrogens (tertiary/aromatic N) is 2. The minimum Gasteiger partial charge on any atom is -0.493 e. The topological polar surface area (TPSA) is 88.5 Å². The Bertz CT molecular complexity index is 1350. The van der Waals surface area contributed by atoms with Gasteiger partial charge in [-0.2, -0.15) is 0 Å². The van der Waals surface area contributed by atoms with Gasteiger partial charge < -0.3 is 24.2 Å². The van der Waals surface area contributed by atoms with E-state index in [-0.39, 0.29) is 30.2 Å². The predicted octanol–water partition coefficient (Wildman–Crippen LogP) is 6.33. The van der Waals surface area contributed by atoms with Gasteiger partial charge in [0.05, 0.1) is 32.3 Å². The van der Waals surface area contributed by atoms with Gasteiger partial charge in [-0.3, -0.25) is 14.5 Å². The molecule has 2 aromatic rings. The summed E-state index contributed by atoms with van der Waals surface area (Å²) < 4.78 is 31.9. The maximum Gasteiger partial charge on any atom is 0.308 e. The van der Waals surface area contributed by atoms with Crippen molar-refractivity contribution in [3.63, 3.8) is 0 Å². The Hall–Kier alpha value is -3.01. The van der Waals surface area contributed by atoms with Crippen molar-refractivity contribution in [3.05, 3.63) is 58.9 Å². The molecule has 0 spiro atoms. The first-order valence-electron chi connectivity index (χ1n) is 16.6. The number of likely N-dealkylation sites (tertiary alicyclic amines) is 1. The van der Waals surface area contributed by atoms with Gasteiger partial charge in [0, 0.05) is 42.1 Å². The number of amides is 1. The number of carbonyl (C=O) groups excluding carboxylic acids is 1. The van der Waals surface area contributed by atoms with Gasteiger partial charge in [-0.05, 0) is 67.1 Å². The minimum atomic E-state index is -0.874. The number of hydrogen-bond acceptors (Lipinski definition) is 6. The number of halogens is 1. The lowest BCUT2D eigenvalue weighted by Crippen LogP contribution is -2.49. The summed E-state index contributed by atoms with van der Waals surface area (Å²) >= 11 is 0. The zero-order valence-corrected chi connectivity index (χ0v) is 27.4. The normalized spacial score (nSPS) is 22.2. The van der Waals surface area contributed by atoms with Crippen molar-refractivity contribution in [2.24, 2.45) is 11.3 Å². The molecule has 0 radical (unpaired) electrons. The Kier molecular flexibility index (Phi) is 10.5. The summed E-state index contributed by atoms with van der Waals surface area (Å²) in [6.45, 7) is 12.2. The highest BCUT2D eigenvalue weighted by molar-refractivity contribution is 5.95. The standard InChI is InChI=1S/C36H49FN2O6/c1-6-8-26(9-7-2)39(27-11-12-29(37)23(3)18-27)32(40)22-38-21-28(24-10-13-31-25(19-24)14-15-43-31)33(34(41)42)30(38)20-36(4,5)35-44-16-17-45-35/h10-13,18-19,26,28,30,33,35H,6-9,14-17,20-22H2,1-5H3,(H,41,42)/t28-,30+,33-/m1/s1. The van der Waals surface area contributed by atoms with Crippen LogP contribution in [0.2, 0.25) is 0 Å². The van der Waals surface area contributed by atoms with Gasteiger partial charge in [0.25, 0.3) is 0 Å². The fourth-order valence-corrected chi connectivity index (χ4v) is 7.62. The molecular weight excluding hydrogens is 575 g/mol. The summed E-state index contributed by atoms with van der Waals surface area (Å²) in [6, 6.07) is 10.4. The van der Waals surface area contributed by atoms with Gasteiger partial charge in [-0.15, -0.1) is 0 Å². The second kappa shape index (κ2) is 14.2. The third-order valence-electron chi connectivity index (χ3n) is 9.81. The molecule has 45 heavy (non-hydrogen) atoms. The smallest absolute Gasteiger partial charge is 0.308 e. The summed E-state index contributed by atoms with van der Waals surface area (Å²) in [5, 5.41) is 10.8. The van der Waals surface area contributed by atoms with E-state index in [9.17, 15) is 19.1 Å². The Labute approximate surface area is 266 Å². The quantitative estimate of drug-likeness (QED) is 0.279. The second-order valence-corrected chi connectivity index (χ2v) is 13.6. The molecule has 3 atom stereocenters. The Morgan fingerprint density at radius 2 is 1.78 bits per heavy atom. The molecule has 0 bridgehead atoms. The average Bonchev–Trinajstić information content (AvgIpc) is 3.76. The molecule has 9 heteroatoms. The maximum atomic E-state index is 14.5. The molecule has 1 N–H and O–H groups in total. The molecule has 2 saturated heterocycles. The molecule has 0 unspecified atom stereocenters. The molecule has 246 valence electrons. The van der Waals surface area contributed by atoms with Crippen LogP contribution in [0.25, 0.3) is 0 Å². The van der Waals surface area contributed by atoms with Gasteiger partial charge in [0.15, 0.2) is 6.29 Å². The van der Waals surface area contributed by atoms with E-state index in [1.807, 2.05) is 30.9 Å². The molecule has 0 aromatic heterocycles. The number of ether oxygens (including phenoxy) is 3. The van der Waals surface area contributed by atoms with E-state index in [0.717, 1.165) is 49.0 Å². The number of carboxylic acid groups (broad SMARTS) is 1. The van der Waals surface area contributed by atoms with Gasteiger partial charge in [0.1, 0.15) is 11.6 Å². The number of rotatable bonds is 13. The summed E-state index contributed by atoms with van der Waals surface area (Å²) in [4.78, 5) is 31.6. The van der Waals surface area contributed by atoms with Gasteiger partial charge in [0.2, 0.25) is 5.91 Å². The zero-order valence-electron chi connectivity index (χ0n) is 27.4. The average molecular weight is 625 g/mol. The van der Waals surface area contributed by atoms with E-state index in [4.69, 9.17) is 14.2 Å². The van der Waals surface area contributed by atoms with Crippen LogP contribution in [0.1, 0.15) is 82.4 Å². The molecule has 2 fully saturated rings. The second-order valence-electron chi connectivity index (χ2n) is 13.6. The number of aryl methyl sites for hydroxylation is 1. The first kappa shape index (κ1) is 33.4. The molecule has 3 aliphatic rings. The lowest BCUT2D eigenvalue weighted by atomic mass is 9.77. The summed E-state index contributed by atoms with van der Waals surface area (Å²) in [6.07, 6.45) is 4.28. The monoisotopic (exact) mass is 624 g/mol. The Balaban J connectivity index is 1.51. The number of anilines is 1. The number of carbonyl (C=O) groups is 2. The van der Waals surface area contributed by atoms with Crippen molar-refractivity contribution >= 4 is 17.6 Å². The summed E-state index contributed by atoms with van der Waals surface area (Å²) in [5.74, 6) is -1.47. The largest absolute Gasteiger partial charge is 0.493 e. The maximum absolute atomic E-state index is 14.5. The molecule has 8 nitrogen and oxygen atoms in total. The number of aliphatic carboxylic acids is 1. The Morgan fingerprint density at radius 3 is 2.42 bits per heavy atom. The van der Waals surface area contributed by atoms with E-state index in [1.54, 1.807) is 19.1 Å². The van der Waals surface area contributed by atoms with Crippen LogP contribution in [0.4, 0.5) is 10.1 Å². The molecule has 0 aliphatic carbocycles. The van der Waals surface area contributed by atoms with Crippen LogP contribution in [0.5, 0.6) is 5.75 Å². The van der Waals surface area contributed by atoms with Crippen LogP contribution in [-0.2, 0) is 25.5 Å². The van der Waals surface area contributed by atoms with Crippen LogP contribution in [0, 0.1) is 24.1 Å². The third kappa shape index (κ3) is 7.21. The third-order valence-corrected chi connectivity index (χ3v) is 9.81. The SMILES string of the molecule is CCCC(CCC)N(C(=O)CN1C[C@H](c2ccc3c(c2)CCO3)[C@@H](C(=O)O)[C@@H]1CC(C)(C)C1OCCO1)c1ccc(F)c(C)c1. The molecular formula is C36H49FN2O6. The van der Waals surface area contributed by atoms with Crippen molar-refractivity contribution in [2.75, 3.05) is 37.8 Å². The van der Waals surface area contributed by atoms with Crippen molar-refractivity contribution < 1.29 is 33.3 Å². The number of fused-ring (bicyclic) bond motifs is 1. The van der Waals surface area contributed by atoms with Gasteiger partial charge >= 0.3 is 5.97 Å². The highest BCUT2D eigenvalue weighted by Crippen LogP contribution is 2.45. The first-order valence-corrected chi connectivity index (χ1v) is 16.6. The van der Waals surface area contributed by atoms with Crippen molar-refractivity contribution in [3.8, 4) is 5.75 Å². The lowest BCUT2D eigenvalue weighted by molar-refractivity contribution is -0.147. The molecule has 5 rings (SSSR count). The van der Waals surface area contributed by atoms with E-state index >= 15 is 0 Å². The van der Waals surface area contributed by atoms with Crippen molar-refractivity contribution in [1.82, 2.24) is 4.90 Å². The summed E-state index contributed by atoms with van der Waals surface area (Å²) in [5.41, 5.74) is 2.73. The van der Waals surface area contributed by atoms with Gasteiger partial charge in [-0.25, -0.2) is 4.39 Å². The van der Waals surface area contributed by atoms with E-state index < -0.39 is 29.6 Å². The highest BCUT2D eigenvalue weighted by atomic mass is 19.1. The minimum absolute atomic E-state index is 0.0436. The Morgan fingerprint density at radius 1 is 1.07 bits per heavy atom. The highest BCUT2D eigenvalue weighted by Gasteiger charge is 2.51. The molecule has 3 aliphatic heterocycles. The van der Waals surface area contributed by atoms with Crippen LogP contribution in [0.15, 0.2) is 36.4 Å². The number of benzene rings is 2. The first-order chi connectivity index (χ1) is 21.5. The van der Waals surface area contributed by atoms with Crippen LogP contribution in [0.3, 0.4) is 0 Å². The number of carboxylic acids is 1. The van der Waals surface area contributed by atoms with Gasteiger partial charge in [-0.1, -0.05) is 52.7 Å². The predicted molar refractivity (Wildman–Crippen MR) is 171 cm³/mol. The molecule has 3 heterocycles. The van der Waals surface area contributed by atoms with E-state index in [1.165, 1.54) is 6.07 Å². The fourth-order valence-electron chi connectivity index (χ4n) is 7.62. The summed E-state index contributed by atoms with van der Waals surface area (Å²) in [7, 11) is 0. The number of hydrogen-bond donors (Lipinski definition) is 1. The molecule has 0 saturated carbocycles. The van der Waals surface area contributed by atoms with E-state index in [2.05, 4.69) is 24.8 Å². The zero-order chi connectivity index (χ0) is 32.3. The van der Waals surface area contributed by atoms with Crippen LogP contribution >= 0.6 is 0 Å². The van der Waals surface area contributed by atoms with Crippen molar-refractivity contribution in [2.45, 2.75) is 97.4 Å².